The van der Waals surface area contributed by atoms with Gasteiger partial charge >= 0.3 is 0 Å². The number of aliphatic imine (C=N–C) groups is 1. The molecule has 0 spiro atoms. The molecule has 0 radical (unpaired) electrons. The maximum absolute atomic E-state index is 13.2. The maximum Gasteiger partial charge on any atom is 0.190 e. The summed E-state index contributed by atoms with van der Waals surface area (Å²) >= 11 is 0. The monoisotopic (exact) mass is 492 g/mol. The molecule has 3 N–H and O–H groups in total. The Labute approximate surface area is 177 Å². The Balaban J connectivity index is 0.00000364. The summed E-state index contributed by atoms with van der Waals surface area (Å²) in [7, 11) is 3.43. The van der Waals surface area contributed by atoms with Gasteiger partial charge < -0.3 is 25.1 Å². The molecule has 8 heteroatoms. The molecule has 0 aliphatic carbocycles. The topological polar surface area (TPSA) is 70.7 Å². The van der Waals surface area contributed by atoms with Crippen molar-refractivity contribution < 1.29 is 13.9 Å². The van der Waals surface area contributed by atoms with Crippen molar-refractivity contribution in [3.63, 3.8) is 0 Å². The lowest BCUT2D eigenvalue weighted by Gasteiger charge is -2.11. The van der Waals surface area contributed by atoms with Gasteiger partial charge in [0.25, 0.3) is 0 Å². The minimum Gasteiger partial charge on any atom is -0.382 e. The molecule has 0 aliphatic heterocycles. The molecule has 6 nitrogen and oxygen atoms in total. The van der Waals surface area contributed by atoms with Crippen molar-refractivity contribution in [3.05, 3.63) is 35.8 Å². The van der Waals surface area contributed by atoms with Crippen LogP contribution in [0.2, 0.25) is 0 Å². The van der Waals surface area contributed by atoms with Crippen LogP contribution in [-0.4, -0.2) is 58.0 Å². The molecule has 1 aromatic carbocycles. The van der Waals surface area contributed by atoms with Crippen molar-refractivity contribution in [1.82, 2.24) is 15.6 Å². The average molecular weight is 492 g/mol. The number of H-pyrrole nitrogens is 1. The van der Waals surface area contributed by atoms with Gasteiger partial charge in [-0.05, 0) is 43.0 Å². The van der Waals surface area contributed by atoms with Gasteiger partial charge in [-0.1, -0.05) is 0 Å². The summed E-state index contributed by atoms with van der Waals surface area (Å²) in [6, 6.07) is 4.83. The van der Waals surface area contributed by atoms with Gasteiger partial charge in [-0.15, -0.1) is 24.0 Å². The van der Waals surface area contributed by atoms with E-state index in [0.717, 1.165) is 61.4 Å². The SMILES string of the molecule is CN=C(NCCCCOCCOC)NCCc1c[nH]c2cc(F)ccc12.I. The van der Waals surface area contributed by atoms with Crippen molar-refractivity contribution in [3.8, 4) is 0 Å². The number of nitrogens with one attached hydrogen (secondary N) is 3. The Morgan fingerprint density at radius 2 is 1.96 bits per heavy atom. The van der Waals surface area contributed by atoms with E-state index < -0.39 is 0 Å². The Hall–Kier alpha value is -1.39. The predicted molar refractivity (Wildman–Crippen MR) is 119 cm³/mol. The highest BCUT2D eigenvalue weighted by Gasteiger charge is 2.05. The first kappa shape index (κ1) is 23.6. The summed E-state index contributed by atoms with van der Waals surface area (Å²) in [6.07, 6.45) is 4.78. The second kappa shape index (κ2) is 13.7. The first-order chi connectivity index (χ1) is 12.7. The number of hydrogen-bond donors (Lipinski definition) is 3. The first-order valence-electron chi connectivity index (χ1n) is 9.01. The molecule has 0 bridgehead atoms. The average Bonchev–Trinajstić information content (AvgIpc) is 3.04. The van der Waals surface area contributed by atoms with Gasteiger partial charge in [-0.3, -0.25) is 4.99 Å². The molecule has 0 saturated carbocycles. The third-order valence-corrected chi connectivity index (χ3v) is 4.08. The van der Waals surface area contributed by atoms with Crippen LogP contribution < -0.4 is 10.6 Å². The highest BCUT2D eigenvalue weighted by atomic mass is 127. The van der Waals surface area contributed by atoms with Gasteiger partial charge in [-0.2, -0.15) is 0 Å². The van der Waals surface area contributed by atoms with Crippen molar-refractivity contribution in [1.29, 1.82) is 0 Å². The summed E-state index contributed by atoms with van der Waals surface area (Å²) in [4.78, 5) is 7.34. The van der Waals surface area contributed by atoms with E-state index in [1.54, 1.807) is 14.2 Å². The molecule has 27 heavy (non-hydrogen) atoms. The Morgan fingerprint density at radius 1 is 1.15 bits per heavy atom. The smallest absolute Gasteiger partial charge is 0.190 e. The third kappa shape index (κ3) is 8.44. The van der Waals surface area contributed by atoms with Gasteiger partial charge in [-0.25, -0.2) is 4.39 Å². The Kier molecular flexibility index (Phi) is 12.0. The van der Waals surface area contributed by atoms with Gasteiger partial charge in [0.05, 0.1) is 13.2 Å². The van der Waals surface area contributed by atoms with Gasteiger partial charge in [0.1, 0.15) is 5.82 Å². The number of aromatic amines is 1. The first-order valence-corrected chi connectivity index (χ1v) is 9.01. The zero-order chi connectivity index (χ0) is 18.6. The predicted octanol–water partition coefficient (Wildman–Crippen LogP) is 3.08. The van der Waals surface area contributed by atoms with Crippen LogP contribution in [0.15, 0.2) is 29.4 Å². The van der Waals surface area contributed by atoms with Crippen LogP contribution in [0.25, 0.3) is 10.9 Å². The standard InChI is InChI=1S/C19H29FN4O2.HI/c1-21-19(22-8-3-4-10-26-12-11-25-2)23-9-7-15-14-24-18-13-16(20)5-6-17(15)18;/h5-6,13-14,24H,3-4,7-12H2,1-2H3,(H2,21,22,23);1H. The van der Waals surface area contributed by atoms with E-state index in [2.05, 4.69) is 20.6 Å². The minimum absolute atomic E-state index is 0. The largest absolute Gasteiger partial charge is 0.382 e. The van der Waals surface area contributed by atoms with E-state index in [1.165, 1.54) is 12.1 Å². The normalized spacial score (nSPS) is 11.4. The van der Waals surface area contributed by atoms with E-state index in [4.69, 9.17) is 9.47 Å². The number of benzene rings is 1. The molecule has 0 saturated heterocycles. The lowest BCUT2D eigenvalue weighted by atomic mass is 10.1. The molecule has 0 atom stereocenters. The number of methoxy groups -OCH3 is 1. The fraction of sp³-hybridized carbons (Fsp3) is 0.526. The molecule has 2 rings (SSSR count). The highest BCUT2D eigenvalue weighted by Crippen LogP contribution is 2.19. The van der Waals surface area contributed by atoms with Crippen molar-refractivity contribution >= 4 is 40.8 Å². The molecule has 2 aromatic rings. The maximum atomic E-state index is 13.2. The number of nitrogens with zero attached hydrogens (tertiary/aromatic N) is 1. The van der Waals surface area contributed by atoms with Crippen LogP contribution in [0, 0.1) is 5.82 Å². The fourth-order valence-electron chi connectivity index (χ4n) is 2.68. The summed E-state index contributed by atoms with van der Waals surface area (Å²) in [5.74, 6) is 0.564. The summed E-state index contributed by atoms with van der Waals surface area (Å²) < 4.78 is 23.6. The fourth-order valence-corrected chi connectivity index (χ4v) is 2.68. The number of hydrogen-bond acceptors (Lipinski definition) is 3. The van der Waals surface area contributed by atoms with Crippen molar-refractivity contribution in [2.24, 2.45) is 4.99 Å². The van der Waals surface area contributed by atoms with E-state index in [-0.39, 0.29) is 29.8 Å². The second-order valence-electron chi connectivity index (χ2n) is 5.99. The van der Waals surface area contributed by atoms with Crippen LogP contribution in [0.3, 0.4) is 0 Å². The van der Waals surface area contributed by atoms with Crippen molar-refractivity contribution in [2.45, 2.75) is 19.3 Å². The number of unbranched alkanes of at least 4 members (excludes halogenated alkanes) is 1. The molecule has 1 heterocycles. The summed E-state index contributed by atoms with van der Waals surface area (Å²) in [5.41, 5.74) is 1.99. The van der Waals surface area contributed by atoms with E-state index in [9.17, 15) is 4.39 Å². The lowest BCUT2D eigenvalue weighted by molar-refractivity contribution is 0.0689. The molecule has 0 amide bonds. The second-order valence-corrected chi connectivity index (χ2v) is 5.99. The molecule has 0 fully saturated rings. The quantitative estimate of drug-likeness (QED) is 0.195. The van der Waals surface area contributed by atoms with E-state index in [0.29, 0.717) is 13.2 Å². The van der Waals surface area contributed by atoms with Gasteiger partial charge in [0, 0.05) is 51.0 Å². The number of rotatable bonds is 11. The lowest BCUT2D eigenvalue weighted by Crippen LogP contribution is -2.38. The number of halogens is 2. The van der Waals surface area contributed by atoms with E-state index in [1.807, 2.05) is 12.3 Å². The molecular formula is C19H30FIN4O2. The minimum atomic E-state index is -0.224. The zero-order valence-electron chi connectivity index (χ0n) is 16.0. The number of ether oxygens (including phenoxy) is 2. The highest BCUT2D eigenvalue weighted by molar-refractivity contribution is 14.0. The van der Waals surface area contributed by atoms with Crippen LogP contribution in [0.5, 0.6) is 0 Å². The molecule has 152 valence electrons. The van der Waals surface area contributed by atoms with Crippen LogP contribution >= 0.6 is 24.0 Å². The molecular weight excluding hydrogens is 462 g/mol. The third-order valence-electron chi connectivity index (χ3n) is 4.08. The number of aromatic nitrogens is 1. The number of fused-ring (bicyclic) bond motifs is 1. The van der Waals surface area contributed by atoms with Gasteiger partial charge in [0.15, 0.2) is 5.96 Å². The molecule has 0 unspecified atom stereocenters. The molecule has 0 aliphatic rings. The van der Waals surface area contributed by atoms with Gasteiger partial charge in [0.2, 0.25) is 0 Å². The van der Waals surface area contributed by atoms with Crippen molar-refractivity contribution in [2.75, 3.05) is 47.1 Å². The van der Waals surface area contributed by atoms with Crippen LogP contribution in [0.1, 0.15) is 18.4 Å². The summed E-state index contributed by atoms with van der Waals surface area (Å²) in [6.45, 7) is 3.63. The van der Waals surface area contributed by atoms with Crippen LogP contribution in [0.4, 0.5) is 4.39 Å². The number of guanidine groups is 1. The molecule has 1 aromatic heterocycles. The summed E-state index contributed by atoms with van der Waals surface area (Å²) in [5, 5.41) is 7.66. The zero-order valence-corrected chi connectivity index (χ0v) is 18.3. The Morgan fingerprint density at radius 3 is 2.74 bits per heavy atom. The van der Waals surface area contributed by atoms with E-state index >= 15 is 0 Å². The van der Waals surface area contributed by atoms with Crippen LogP contribution in [-0.2, 0) is 15.9 Å². The Bertz CT molecular complexity index is 693.